The van der Waals surface area contributed by atoms with Gasteiger partial charge < -0.3 is 14.2 Å². The van der Waals surface area contributed by atoms with Gasteiger partial charge >= 0.3 is 0 Å². The highest BCUT2D eigenvalue weighted by Gasteiger charge is 2.13. The number of hydrogen-bond donors (Lipinski definition) is 2. The second-order valence-corrected chi connectivity index (χ2v) is 6.11. The van der Waals surface area contributed by atoms with Crippen LogP contribution in [-0.2, 0) is 11.3 Å². The normalized spacial score (nSPS) is 10.2. The van der Waals surface area contributed by atoms with E-state index in [1.54, 1.807) is 43.5 Å². The SMILES string of the molecule is CCCCOc1ccc(C(=O)NNC(=O)c2cccc(COC)c2)cc1OC. The van der Waals surface area contributed by atoms with E-state index in [1.807, 2.05) is 6.07 Å². The molecule has 2 rings (SSSR count). The zero-order valence-electron chi connectivity index (χ0n) is 16.4. The van der Waals surface area contributed by atoms with Crippen molar-refractivity contribution in [2.75, 3.05) is 20.8 Å². The summed E-state index contributed by atoms with van der Waals surface area (Å²) in [6.45, 7) is 3.06. The van der Waals surface area contributed by atoms with Crippen LogP contribution in [0.5, 0.6) is 11.5 Å². The predicted octanol–water partition coefficient (Wildman–Crippen LogP) is 3.10. The monoisotopic (exact) mass is 386 g/mol. The lowest BCUT2D eigenvalue weighted by Gasteiger charge is -2.12. The standard InChI is InChI=1S/C21H26N2O5/c1-4-5-11-28-18-10-9-17(13-19(18)27-3)21(25)23-22-20(24)16-8-6-7-15(12-16)14-26-2/h6-10,12-13H,4-5,11,14H2,1-3H3,(H,22,24)(H,23,25). The summed E-state index contributed by atoms with van der Waals surface area (Å²) >= 11 is 0. The highest BCUT2D eigenvalue weighted by Crippen LogP contribution is 2.28. The summed E-state index contributed by atoms with van der Waals surface area (Å²) in [4.78, 5) is 24.6. The molecule has 2 aromatic carbocycles. The number of amides is 2. The topological polar surface area (TPSA) is 85.9 Å². The average Bonchev–Trinajstić information content (AvgIpc) is 2.72. The Hall–Kier alpha value is -3.06. The molecule has 0 unspecified atom stereocenters. The molecule has 150 valence electrons. The first-order valence-electron chi connectivity index (χ1n) is 9.08. The summed E-state index contributed by atoms with van der Waals surface area (Å²) in [7, 11) is 3.10. The molecule has 2 amide bonds. The van der Waals surface area contributed by atoms with Crippen molar-refractivity contribution < 1.29 is 23.8 Å². The van der Waals surface area contributed by atoms with Crippen LogP contribution in [0.15, 0.2) is 42.5 Å². The van der Waals surface area contributed by atoms with E-state index >= 15 is 0 Å². The van der Waals surface area contributed by atoms with Gasteiger partial charge in [-0.3, -0.25) is 20.4 Å². The van der Waals surface area contributed by atoms with Crippen molar-refractivity contribution in [3.8, 4) is 11.5 Å². The molecule has 7 nitrogen and oxygen atoms in total. The molecular weight excluding hydrogens is 360 g/mol. The third-order valence-corrected chi connectivity index (χ3v) is 3.97. The van der Waals surface area contributed by atoms with Crippen LogP contribution in [0.3, 0.4) is 0 Å². The molecular formula is C21H26N2O5. The smallest absolute Gasteiger partial charge is 0.269 e. The zero-order valence-corrected chi connectivity index (χ0v) is 16.4. The fourth-order valence-corrected chi connectivity index (χ4v) is 2.48. The molecule has 28 heavy (non-hydrogen) atoms. The molecule has 0 aromatic heterocycles. The van der Waals surface area contributed by atoms with Gasteiger partial charge in [0.2, 0.25) is 0 Å². The second-order valence-electron chi connectivity index (χ2n) is 6.11. The van der Waals surface area contributed by atoms with E-state index in [0.29, 0.717) is 35.8 Å². The summed E-state index contributed by atoms with van der Waals surface area (Å²) in [5, 5.41) is 0. The van der Waals surface area contributed by atoms with Crippen molar-refractivity contribution in [3.05, 3.63) is 59.2 Å². The molecule has 0 saturated carbocycles. The molecule has 7 heteroatoms. The number of hydrazine groups is 1. The Kier molecular flexibility index (Phi) is 8.30. The van der Waals surface area contributed by atoms with Gasteiger partial charge in [0.05, 0.1) is 20.3 Å². The van der Waals surface area contributed by atoms with Gasteiger partial charge in [-0.15, -0.1) is 0 Å². The van der Waals surface area contributed by atoms with Gasteiger partial charge in [-0.05, 0) is 42.3 Å². The molecule has 0 bridgehead atoms. The summed E-state index contributed by atoms with van der Waals surface area (Å²) < 4.78 is 16.0. The first kappa shape index (κ1) is 21.2. The van der Waals surface area contributed by atoms with Crippen LogP contribution in [0.1, 0.15) is 46.0 Å². The van der Waals surface area contributed by atoms with E-state index < -0.39 is 11.8 Å². The van der Waals surface area contributed by atoms with Crippen LogP contribution < -0.4 is 20.3 Å². The minimum absolute atomic E-state index is 0.341. The Morgan fingerprint density at radius 1 is 0.929 bits per heavy atom. The lowest BCUT2D eigenvalue weighted by Crippen LogP contribution is -2.41. The van der Waals surface area contributed by atoms with Crippen LogP contribution in [0.2, 0.25) is 0 Å². The third-order valence-electron chi connectivity index (χ3n) is 3.97. The number of nitrogens with one attached hydrogen (secondary N) is 2. The Balaban J connectivity index is 1.98. The highest BCUT2D eigenvalue weighted by atomic mass is 16.5. The predicted molar refractivity (Wildman–Crippen MR) is 105 cm³/mol. The van der Waals surface area contributed by atoms with E-state index in [-0.39, 0.29) is 0 Å². The number of carbonyl (C=O) groups excluding carboxylic acids is 2. The number of carbonyl (C=O) groups is 2. The van der Waals surface area contributed by atoms with Crippen molar-refractivity contribution in [1.82, 2.24) is 10.9 Å². The molecule has 0 heterocycles. The number of rotatable bonds is 9. The van der Waals surface area contributed by atoms with Gasteiger partial charge in [-0.1, -0.05) is 25.5 Å². The molecule has 0 saturated heterocycles. The minimum Gasteiger partial charge on any atom is -0.493 e. The molecule has 0 atom stereocenters. The number of hydrogen-bond acceptors (Lipinski definition) is 5. The molecule has 0 spiro atoms. The molecule has 2 aromatic rings. The fourth-order valence-electron chi connectivity index (χ4n) is 2.48. The van der Waals surface area contributed by atoms with Crippen LogP contribution in [0.25, 0.3) is 0 Å². The van der Waals surface area contributed by atoms with Gasteiger partial charge in [-0.25, -0.2) is 0 Å². The van der Waals surface area contributed by atoms with Crippen molar-refractivity contribution >= 4 is 11.8 Å². The van der Waals surface area contributed by atoms with Crippen LogP contribution >= 0.6 is 0 Å². The molecule has 0 radical (unpaired) electrons. The maximum Gasteiger partial charge on any atom is 0.269 e. The number of benzene rings is 2. The summed E-state index contributed by atoms with van der Waals surface area (Å²) in [5.41, 5.74) is 6.44. The number of unbranched alkanes of at least 4 members (excludes halogenated alkanes) is 1. The Morgan fingerprint density at radius 2 is 1.64 bits per heavy atom. The first-order chi connectivity index (χ1) is 13.6. The van der Waals surface area contributed by atoms with Gasteiger partial charge in [0.15, 0.2) is 11.5 Å². The first-order valence-corrected chi connectivity index (χ1v) is 9.08. The lowest BCUT2D eigenvalue weighted by atomic mass is 10.1. The van der Waals surface area contributed by atoms with E-state index in [2.05, 4.69) is 17.8 Å². The second kappa shape index (κ2) is 10.9. The molecule has 0 aliphatic carbocycles. The van der Waals surface area contributed by atoms with E-state index in [9.17, 15) is 9.59 Å². The molecule has 0 aliphatic rings. The maximum atomic E-state index is 12.3. The fraction of sp³-hybridized carbons (Fsp3) is 0.333. The van der Waals surface area contributed by atoms with Crippen LogP contribution in [-0.4, -0.2) is 32.6 Å². The van der Waals surface area contributed by atoms with Gasteiger partial charge in [0, 0.05) is 18.2 Å². The van der Waals surface area contributed by atoms with Gasteiger partial charge in [0.25, 0.3) is 11.8 Å². The highest BCUT2D eigenvalue weighted by molar-refractivity contribution is 5.99. The van der Waals surface area contributed by atoms with Crippen molar-refractivity contribution in [1.29, 1.82) is 0 Å². The molecule has 0 fully saturated rings. The van der Waals surface area contributed by atoms with E-state index in [4.69, 9.17) is 14.2 Å². The lowest BCUT2D eigenvalue weighted by molar-refractivity contribution is 0.0846. The van der Waals surface area contributed by atoms with E-state index in [0.717, 1.165) is 18.4 Å². The van der Waals surface area contributed by atoms with Crippen LogP contribution in [0.4, 0.5) is 0 Å². The molecule has 2 N–H and O–H groups in total. The average molecular weight is 386 g/mol. The van der Waals surface area contributed by atoms with Crippen molar-refractivity contribution in [2.24, 2.45) is 0 Å². The Labute approximate surface area is 165 Å². The summed E-state index contributed by atoms with van der Waals surface area (Å²) in [6.07, 6.45) is 1.96. The van der Waals surface area contributed by atoms with E-state index in [1.165, 1.54) is 7.11 Å². The summed E-state index contributed by atoms with van der Waals surface area (Å²) in [6, 6.07) is 11.8. The zero-order chi connectivity index (χ0) is 20.4. The van der Waals surface area contributed by atoms with Crippen LogP contribution in [0, 0.1) is 0 Å². The number of methoxy groups -OCH3 is 2. The molecule has 0 aliphatic heterocycles. The Bertz CT molecular complexity index is 807. The third kappa shape index (κ3) is 5.99. The van der Waals surface area contributed by atoms with Gasteiger partial charge in [0.1, 0.15) is 0 Å². The Morgan fingerprint density at radius 3 is 2.29 bits per heavy atom. The van der Waals surface area contributed by atoms with Crippen molar-refractivity contribution in [3.63, 3.8) is 0 Å². The van der Waals surface area contributed by atoms with Gasteiger partial charge in [-0.2, -0.15) is 0 Å². The summed E-state index contributed by atoms with van der Waals surface area (Å²) in [5.74, 6) is 0.159. The maximum absolute atomic E-state index is 12.3. The minimum atomic E-state index is -0.459. The quantitative estimate of drug-likeness (QED) is 0.511. The number of ether oxygens (including phenoxy) is 3. The largest absolute Gasteiger partial charge is 0.493 e. The van der Waals surface area contributed by atoms with Crippen molar-refractivity contribution in [2.45, 2.75) is 26.4 Å².